The Bertz CT molecular complexity index is 2580. The number of alkyl carbamates (subject to hydrolysis) is 2. The fourth-order valence-corrected chi connectivity index (χ4v) is 7.34. The van der Waals surface area contributed by atoms with Crippen molar-refractivity contribution in [1.82, 2.24) is 31.9 Å². The van der Waals surface area contributed by atoms with Gasteiger partial charge in [-0.3, -0.25) is 28.8 Å². The van der Waals surface area contributed by atoms with Crippen molar-refractivity contribution in [2.45, 2.75) is 102 Å². The lowest BCUT2D eigenvalue weighted by Crippen LogP contribution is -2.58. The summed E-state index contributed by atoms with van der Waals surface area (Å²) in [5.41, 5.74) is 6.89. The van der Waals surface area contributed by atoms with Crippen LogP contribution >= 0.6 is 27.5 Å². The Morgan fingerprint density at radius 1 is 0.635 bits per heavy atom. The van der Waals surface area contributed by atoms with Gasteiger partial charge in [0, 0.05) is 40.0 Å². The second-order valence-electron chi connectivity index (χ2n) is 17.5. The Hall–Kier alpha value is -7.72. The molecule has 4 rings (SSSR count). The van der Waals surface area contributed by atoms with Crippen LogP contribution in [-0.4, -0.2) is 102 Å². The van der Waals surface area contributed by atoms with Crippen LogP contribution in [0.15, 0.2) is 108 Å². The molecule has 0 saturated carbocycles. The number of carboxylic acid groups (broad SMARTS) is 1. The number of hydrogen-bond acceptors (Lipinski definition) is 13. The molecule has 4 aromatic carbocycles. The van der Waals surface area contributed by atoms with Gasteiger partial charge in [0.25, 0.3) is 0 Å². The predicted octanol–water partition coefficient (Wildman–Crippen LogP) is 5.12. The van der Waals surface area contributed by atoms with Crippen molar-refractivity contribution in [2.24, 2.45) is 5.73 Å². The Kier molecular flexibility index (Phi) is 23.6. The SMILES string of the molecule is CC(C)(C)OC(=O)N[C@@H](CCCCNC(=O)OCc1ccccc1Cl)C(=O)N[C@@H](Cc1ccc(OC(=O)OCc2ccccc2Br)cc1)C(=O)N[C@@H](CC(=O)O)C(=O)NCC(=O)N[C@@H](Cc1ccccc1)C(N)=O. The Balaban J connectivity index is 1.50. The molecule has 4 atom stereocenters. The number of amides is 7. The Labute approximate surface area is 440 Å². The van der Waals surface area contributed by atoms with Gasteiger partial charge in [0.05, 0.1) is 13.0 Å². The minimum atomic E-state index is -1.80. The number of aliphatic carboxylic acids is 1. The van der Waals surface area contributed by atoms with E-state index in [9.17, 15) is 48.3 Å². The molecule has 0 aliphatic heterocycles. The van der Waals surface area contributed by atoms with Gasteiger partial charge in [-0.2, -0.15) is 0 Å². The third-order valence-corrected chi connectivity index (χ3v) is 11.6. The minimum Gasteiger partial charge on any atom is -0.481 e. The summed E-state index contributed by atoms with van der Waals surface area (Å²) in [7, 11) is 0. The minimum absolute atomic E-state index is 0.0345. The zero-order valence-electron chi connectivity index (χ0n) is 40.8. The van der Waals surface area contributed by atoms with Crippen molar-refractivity contribution in [3.63, 3.8) is 0 Å². The monoisotopic (exact) mass is 1110 g/mol. The largest absolute Gasteiger partial charge is 0.514 e. The molecule has 0 radical (unpaired) electrons. The van der Waals surface area contributed by atoms with Gasteiger partial charge in [0.15, 0.2) is 0 Å². The predicted molar refractivity (Wildman–Crippen MR) is 272 cm³/mol. The lowest BCUT2D eigenvalue weighted by Gasteiger charge is -2.26. The van der Waals surface area contributed by atoms with Crippen molar-refractivity contribution in [2.75, 3.05) is 13.1 Å². The highest BCUT2D eigenvalue weighted by Crippen LogP contribution is 2.20. The topological polar surface area (TPSA) is 309 Å². The number of ether oxygens (including phenoxy) is 4. The highest BCUT2D eigenvalue weighted by atomic mass is 79.9. The summed E-state index contributed by atoms with van der Waals surface area (Å²) in [5.74, 6) is -6.18. The van der Waals surface area contributed by atoms with E-state index in [0.29, 0.717) is 33.7 Å². The normalized spacial score (nSPS) is 12.5. The molecule has 0 spiro atoms. The van der Waals surface area contributed by atoms with Gasteiger partial charge in [-0.25, -0.2) is 14.4 Å². The van der Waals surface area contributed by atoms with E-state index >= 15 is 0 Å². The summed E-state index contributed by atoms with van der Waals surface area (Å²) in [6, 6.07) is 22.5. The van der Waals surface area contributed by atoms with Crippen LogP contribution < -0.4 is 42.4 Å². The number of benzene rings is 4. The van der Waals surface area contributed by atoms with Crippen molar-refractivity contribution < 1.29 is 67.2 Å². The molecule has 0 unspecified atom stereocenters. The number of carbonyl (C=O) groups is 9. The van der Waals surface area contributed by atoms with Gasteiger partial charge >= 0.3 is 24.3 Å². The molecule has 0 fully saturated rings. The second kappa shape index (κ2) is 29.7. The number of rotatable bonds is 26. The van der Waals surface area contributed by atoms with Crippen molar-refractivity contribution >= 4 is 81.4 Å². The fraction of sp³-hybridized carbons (Fsp3) is 0.353. The highest BCUT2D eigenvalue weighted by molar-refractivity contribution is 9.10. The lowest BCUT2D eigenvalue weighted by molar-refractivity contribution is -0.141. The second-order valence-corrected chi connectivity index (χ2v) is 18.8. The van der Waals surface area contributed by atoms with Gasteiger partial charge in [-0.05, 0) is 75.4 Å². The van der Waals surface area contributed by atoms with Crippen LogP contribution in [0.4, 0.5) is 14.4 Å². The molecule has 0 aliphatic rings. The number of hydrogen-bond donors (Lipinski definition) is 8. The molecule has 0 heterocycles. The van der Waals surface area contributed by atoms with Crippen LogP contribution in [0.25, 0.3) is 0 Å². The number of carboxylic acids is 1. The number of carbonyl (C=O) groups excluding carboxylic acids is 8. The standard InChI is InChI=1S/C51H59BrClN7O14/c1-51(2,3)74-49(69)60-38(19-11-12-24-55-48(68)71-30-34-16-8-10-18-37(34)53)46(66)58-40(26-32-20-22-35(23-21-32)73-50(70)72-29-33-15-7-9-17-36(33)52)47(67)59-41(27-43(62)63)45(65)56-28-42(61)57-39(44(54)64)25-31-13-5-4-6-14-31/h4-10,13-18,20-23,38-41H,11-12,19,24-30H2,1-3H3,(H2,54,64)(H,55,68)(H,56,65)(H,57,61)(H,58,66)(H,59,67)(H,60,69)(H,62,63)/t38-,39-,40-,41-/m0/s1. The molecular weight excluding hydrogens is 1050 g/mol. The van der Waals surface area contributed by atoms with Crippen molar-refractivity contribution in [3.8, 4) is 5.75 Å². The smallest absolute Gasteiger partial charge is 0.481 e. The number of nitrogens with two attached hydrogens (primary N) is 1. The first-order chi connectivity index (χ1) is 35.1. The van der Waals surface area contributed by atoms with Crippen LogP contribution in [-0.2, 0) is 69.0 Å². The summed E-state index contributed by atoms with van der Waals surface area (Å²) >= 11 is 9.53. The lowest BCUT2D eigenvalue weighted by atomic mass is 10.0. The van der Waals surface area contributed by atoms with Gasteiger partial charge in [0.2, 0.25) is 29.5 Å². The number of unbranched alkanes of at least 4 members (excludes halogenated alkanes) is 1. The van der Waals surface area contributed by atoms with E-state index in [-0.39, 0.29) is 51.2 Å². The molecule has 7 amide bonds. The maximum absolute atomic E-state index is 14.2. The van der Waals surface area contributed by atoms with Crippen molar-refractivity contribution in [3.05, 3.63) is 135 Å². The molecule has 0 aromatic heterocycles. The third kappa shape index (κ3) is 22.0. The Morgan fingerprint density at radius 3 is 1.88 bits per heavy atom. The van der Waals surface area contributed by atoms with Crippen LogP contribution in [0.3, 0.4) is 0 Å². The molecule has 0 saturated heterocycles. The number of halogens is 2. The molecule has 23 heteroatoms. The maximum atomic E-state index is 14.2. The summed E-state index contributed by atoms with van der Waals surface area (Å²) < 4.78 is 21.9. The molecule has 74 heavy (non-hydrogen) atoms. The quantitative estimate of drug-likeness (QED) is 0.0175. The summed E-state index contributed by atoms with van der Waals surface area (Å²) in [4.78, 5) is 117. The van der Waals surface area contributed by atoms with Crippen molar-refractivity contribution in [1.29, 1.82) is 0 Å². The van der Waals surface area contributed by atoms with Crippen LogP contribution in [0.5, 0.6) is 5.75 Å². The first-order valence-corrected chi connectivity index (χ1v) is 24.4. The van der Waals surface area contributed by atoms with E-state index in [0.717, 1.165) is 4.47 Å². The van der Waals surface area contributed by atoms with E-state index in [1.807, 2.05) is 0 Å². The van der Waals surface area contributed by atoms with Crippen LogP contribution in [0.2, 0.25) is 5.02 Å². The van der Waals surface area contributed by atoms with E-state index in [4.69, 9.17) is 36.3 Å². The van der Waals surface area contributed by atoms with E-state index in [2.05, 4.69) is 47.8 Å². The summed E-state index contributed by atoms with van der Waals surface area (Å²) in [6.07, 6.45) is -3.41. The number of primary amides is 1. The molecule has 396 valence electrons. The molecule has 9 N–H and O–H groups in total. The van der Waals surface area contributed by atoms with Gasteiger partial charge in [-0.1, -0.05) is 106 Å². The summed E-state index contributed by atoms with van der Waals surface area (Å²) in [5, 5.41) is 25.0. The molecule has 0 bridgehead atoms. The van der Waals surface area contributed by atoms with E-state index in [1.54, 1.807) is 99.6 Å². The molecule has 0 aliphatic carbocycles. The van der Waals surface area contributed by atoms with Crippen LogP contribution in [0, 0.1) is 0 Å². The Morgan fingerprint density at radius 2 is 1.23 bits per heavy atom. The summed E-state index contributed by atoms with van der Waals surface area (Å²) in [6.45, 7) is 4.05. The van der Waals surface area contributed by atoms with Crippen LogP contribution in [0.1, 0.15) is 68.7 Å². The first-order valence-electron chi connectivity index (χ1n) is 23.2. The first kappa shape index (κ1) is 58.8. The van der Waals surface area contributed by atoms with Gasteiger partial charge in [-0.15, -0.1) is 0 Å². The number of nitrogens with one attached hydrogen (secondary N) is 6. The molecular formula is C51H59BrClN7O14. The van der Waals surface area contributed by atoms with Gasteiger partial charge < -0.3 is 61.7 Å². The maximum Gasteiger partial charge on any atom is 0.514 e. The average Bonchev–Trinajstić information content (AvgIpc) is 3.34. The zero-order chi connectivity index (χ0) is 54.2. The average molecular weight is 1110 g/mol. The van der Waals surface area contributed by atoms with E-state index in [1.165, 1.54) is 24.3 Å². The van der Waals surface area contributed by atoms with E-state index < -0.39 is 96.6 Å². The molecule has 21 nitrogen and oxygen atoms in total. The third-order valence-electron chi connectivity index (χ3n) is 10.4. The zero-order valence-corrected chi connectivity index (χ0v) is 43.1. The fourth-order valence-electron chi connectivity index (χ4n) is 6.75. The van der Waals surface area contributed by atoms with Gasteiger partial charge in [0.1, 0.15) is 48.7 Å². The molecule has 4 aromatic rings. The highest BCUT2D eigenvalue weighted by Gasteiger charge is 2.32.